The van der Waals surface area contributed by atoms with E-state index in [9.17, 15) is 8.42 Å². The first kappa shape index (κ1) is 14.8. The highest BCUT2D eigenvalue weighted by Crippen LogP contribution is 2.23. The first-order valence-corrected chi connectivity index (χ1v) is 9.27. The van der Waals surface area contributed by atoms with Gasteiger partial charge in [-0.2, -0.15) is 0 Å². The molecule has 2 aromatic heterocycles. The Morgan fingerprint density at radius 1 is 1.29 bits per heavy atom. The lowest BCUT2D eigenvalue weighted by Gasteiger charge is -2.02. The Bertz CT molecular complexity index is 673. The summed E-state index contributed by atoms with van der Waals surface area (Å²) in [6, 6.07) is 7.72. The zero-order valence-corrected chi connectivity index (χ0v) is 13.2. The molecule has 0 unspecified atom stereocenters. The Morgan fingerprint density at radius 3 is 2.86 bits per heavy atom. The van der Waals surface area contributed by atoms with Gasteiger partial charge >= 0.3 is 0 Å². The fourth-order valence-corrected chi connectivity index (χ4v) is 4.37. The van der Waals surface area contributed by atoms with E-state index in [0.29, 0.717) is 16.0 Å². The van der Waals surface area contributed by atoms with Gasteiger partial charge in [0.15, 0.2) is 0 Å². The van der Waals surface area contributed by atoms with Gasteiger partial charge in [0.1, 0.15) is 9.97 Å². The third kappa shape index (κ3) is 4.16. The molecule has 21 heavy (non-hydrogen) atoms. The van der Waals surface area contributed by atoms with Gasteiger partial charge in [-0.25, -0.2) is 13.1 Å². The van der Waals surface area contributed by atoms with E-state index in [1.165, 1.54) is 30.4 Å². The first-order valence-electron chi connectivity index (χ1n) is 6.98. The van der Waals surface area contributed by atoms with Crippen LogP contribution < -0.4 is 10.0 Å². The maximum absolute atomic E-state index is 12.2. The molecule has 7 heteroatoms. The van der Waals surface area contributed by atoms with E-state index in [2.05, 4.69) is 10.0 Å². The first-order chi connectivity index (χ1) is 10.1. The van der Waals surface area contributed by atoms with Crippen molar-refractivity contribution in [3.63, 3.8) is 0 Å². The van der Waals surface area contributed by atoms with Crippen LogP contribution in [0.3, 0.4) is 0 Å². The molecule has 0 saturated heterocycles. The molecule has 0 spiro atoms. The van der Waals surface area contributed by atoms with E-state index in [1.807, 2.05) is 6.07 Å². The summed E-state index contributed by atoms with van der Waals surface area (Å²) < 4.78 is 32.4. The quantitative estimate of drug-likeness (QED) is 0.779. The van der Waals surface area contributed by atoms with Crippen LogP contribution >= 0.6 is 11.3 Å². The molecule has 1 fully saturated rings. The lowest BCUT2D eigenvalue weighted by atomic mass is 10.3. The number of nitrogens with one attached hydrogen (secondary N) is 2. The van der Waals surface area contributed by atoms with Crippen LogP contribution in [0.5, 0.6) is 0 Å². The van der Waals surface area contributed by atoms with Crippen LogP contribution in [0, 0.1) is 0 Å². The predicted molar refractivity (Wildman–Crippen MR) is 81.8 cm³/mol. The van der Waals surface area contributed by atoms with Crippen LogP contribution in [0.2, 0.25) is 0 Å². The van der Waals surface area contributed by atoms with Crippen molar-refractivity contribution in [1.29, 1.82) is 0 Å². The number of hydrogen-bond acceptors (Lipinski definition) is 5. The topological polar surface area (TPSA) is 71.3 Å². The molecular weight excluding hydrogens is 308 g/mol. The van der Waals surface area contributed by atoms with Gasteiger partial charge in [0.2, 0.25) is 10.0 Å². The summed E-state index contributed by atoms with van der Waals surface area (Å²) in [7, 11) is -3.46. The largest absolute Gasteiger partial charge is 0.468 e. The molecule has 3 rings (SSSR count). The second kappa shape index (κ2) is 6.31. The zero-order valence-electron chi connectivity index (χ0n) is 11.5. The van der Waals surface area contributed by atoms with Gasteiger partial charge in [-0.3, -0.25) is 0 Å². The molecule has 0 atom stereocenters. The highest BCUT2D eigenvalue weighted by Gasteiger charge is 2.20. The van der Waals surface area contributed by atoms with Crippen LogP contribution in [-0.4, -0.2) is 21.0 Å². The van der Waals surface area contributed by atoms with Gasteiger partial charge in [0.25, 0.3) is 0 Å². The molecule has 0 aliphatic heterocycles. The predicted octanol–water partition coefficient (Wildman–Crippen LogP) is 2.11. The second-order valence-electron chi connectivity index (χ2n) is 5.10. The molecule has 0 radical (unpaired) electrons. The van der Waals surface area contributed by atoms with Crippen LogP contribution in [0.15, 0.2) is 39.2 Å². The van der Waals surface area contributed by atoms with Crippen LogP contribution in [0.25, 0.3) is 0 Å². The van der Waals surface area contributed by atoms with Crippen molar-refractivity contribution in [3.05, 3.63) is 41.2 Å². The number of rotatable bonds is 8. The van der Waals surface area contributed by atoms with Gasteiger partial charge in [-0.1, -0.05) is 0 Å². The molecule has 0 bridgehead atoms. The monoisotopic (exact) mass is 326 g/mol. The Morgan fingerprint density at radius 2 is 2.14 bits per heavy atom. The van der Waals surface area contributed by atoms with E-state index < -0.39 is 10.0 Å². The van der Waals surface area contributed by atoms with Crippen molar-refractivity contribution < 1.29 is 12.8 Å². The van der Waals surface area contributed by atoms with E-state index >= 15 is 0 Å². The third-order valence-electron chi connectivity index (χ3n) is 3.30. The van der Waals surface area contributed by atoms with Gasteiger partial charge in [0.05, 0.1) is 12.8 Å². The van der Waals surface area contributed by atoms with Crippen LogP contribution in [0.1, 0.15) is 23.5 Å². The van der Waals surface area contributed by atoms with Gasteiger partial charge < -0.3 is 9.73 Å². The third-order valence-corrected chi connectivity index (χ3v) is 6.34. The fourth-order valence-electron chi connectivity index (χ4n) is 1.97. The highest BCUT2D eigenvalue weighted by molar-refractivity contribution is 7.91. The number of sulfonamides is 1. The fraction of sp³-hybridized carbons (Fsp3) is 0.429. The summed E-state index contributed by atoms with van der Waals surface area (Å²) in [5.41, 5.74) is 0. The minimum absolute atomic E-state index is 0.172. The minimum Gasteiger partial charge on any atom is -0.468 e. The van der Waals surface area contributed by atoms with Crippen LogP contribution in [-0.2, 0) is 23.0 Å². The normalized spacial score (nSPS) is 15.4. The second-order valence-corrected chi connectivity index (χ2v) is 8.27. The number of furan rings is 1. The molecule has 2 aromatic rings. The van der Waals surface area contributed by atoms with Gasteiger partial charge in [-0.15, -0.1) is 11.3 Å². The van der Waals surface area contributed by atoms with E-state index in [4.69, 9.17) is 4.42 Å². The standard InChI is InChI=1S/C14H18N2O3S2/c17-21(18,16-10-12-2-1-9-19-12)14-6-5-13(20-14)7-8-15-11-3-4-11/h1-2,5-6,9,11,15-16H,3-4,7-8,10H2. The molecule has 1 saturated carbocycles. The molecule has 0 amide bonds. The molecule has 5 nitrogen and oxygen atoms in total. The molecule has 2 heterocycles. The van der Waals surface area contributed by atoms with Gasteiger partial charge in [-0.05, 0) is 43.5 Å². The number of thiophene rings is 1. The highest BCUT2D eigenvalue weighted by atomic mass is 32.2. The molecular formula is C14H18N2O3S2. The summed E-state index contributed by atoms with van der Waals surface area (Å²) in [6.07, 6.45) is 4.93. The van der Waals surface area contributed by atoms with Crippen LogP contribution in [0.4, 0.5) is 0 Å². The summed E-state index contributed by atoms with van der Waals surface area (Å²) in [5.74, 6) is 0.601. The van der Waals surface area contributed by atoms with E-state index in [0.717, 1.165) is 17.8 Å². The Kier molecular flexibility index (Phi) is 4.44. The van der Waals surface area contributed by atoms with Crippen molar-refractivity contribution in [2.24, 2.45) is 0 Å². The molecule has 1 aliphatic carbocycles. The Labute approximate surface area is 128 Å². The van der Waals surface area contributed by atoms with Crippen molar-refractivity contribution in [3.8, 4) is 0 Å². The minimum atomic E-state index is -3.46. The van der Waals surface area contributed by atoms with Crippen molar-refractivity contribution in [1.82, 2.24) is 10.0 Å². The average Bonchev–Trinajstić information content (AvgIpc) is 2.94. The maximum Gasteiger partial charge on any atom is 0.250 e. The smallest absolute Gasteiger partial charge is 0.250 e. The summed E-state index contributed by atoms with van der Waals surface area (Å²) >= 11 is 1.33. The molecule has 1 aliphatic rings. The molecule has 114 valence electrons. The summed E-state index contributed by atoms with van der Waals surface area (Å²) in [6.45, 7) is 1.08. The van der Waals surface area contributed by atoms with Crippen molar-refractivity contribution in [2.45, 2.75) is 36.1 Å². The Hall–Kier alpha value is -1.15. The van der Waals surface area contributed by atoms with E-state index in [-0.39, 0.29) is 6.54 Å². The van der Waals surface area contributed by atoms with E-state index in [1.54, 1.807) is 18.2 Å². The molecule has 0 aromatic carbocycles. The summed E-state index contributed by atoms with van der Waals surface area (Å²) in [5, 5.41) is 3.43. The molecule has 2 N–H and O–H groups in total. The average molecular weight is 326 g/mol. The maximum atomic E-state index is 12.2. The van der Waals surface area contributed by atoms with Crippen molar-refractivity contribution in [2.75, 3.05) is 6.54 Å². The lowest BCUT2D eigenvalue weighted by molar-refractivity contribution is 0.499. The SMILES string of the molecule is O=S(=O)(NCc1ccco1)c1ccc(CCNC2CC2)s1. The Balaban J connectivity index is 1.55. The summed E-state index contributed by atoms with van der Waals surface area (Å²) in [4.78, 5) is 1.08. The van der Waals surface area contributed by atoms with Gasteiger partial charge in [0, 0.05) is 17.5 Å². The zero-order chi connectivity index (χ0) is 14.7. The van der Waals surface area contributed by atoms with Crippen molar-refractivity contribution >= 4 is 21.4 Å². The number of hydrogen-bond donors (Lipinski definition) is 2. The lowest BCUT2D eigenvalue weighted by Crippen LogP contribution is -2.22.